The third-order valence-corrected chi connectivity index (χ3v) is 4.53. The Balaban J connectivity index is 1.71. The van der Waals surface area contributed by atoms with Crippen molar-refractivity contribution in [3.63, 3.8) is 0 Å². The maximum atomic E-state index is 10.8. The van der Waals surface area contributed by atoms with Crippen LogP contribution in [0, 0.1) is 0 Å². The van der Waals surface area contributed by atoms with Crippen LogP contribution in [0.25, 0.3) is 0 Å². The summed E-state index contributed by atoms with van der Waals surface area (Å²) in [6, 6.07) is 9.43. The van der Waals surface area contributed by atoms with Crippen LogP contribution >= 0.6 is 0 Å². The van der Waals surface area contributed by atoms with Crippen molar-refractivity contribution in [2.75, 3.05) is 13.1 Å². The second-order valence-electron chi connectivity index (χ2n) is 5.84. The fourth-order valence-electron chi connectivity index (χ4n) is 3.38. The number of rotatable bonds is 3. The second-order valence-corrected chi connectivity index (χ2v) is 5.84. The minimum atomic E-state index is -1.14. The molecule has 2 aliphatic heterocycles. The molecule has 2 fully saturated rings. The summed E-state index contributed by atoms with van der Waals surface area (Å²) in [6.45, 7) is 2.01. The highest BCUT2D eigenvalue weighted by molar-refractivity contribution is 5.15. The fraction of sp³-hybridized carbons (Fsp3) is 0.600. The lowest BCUT2D eigenvalue weighted by molar-refractivity contribution is -0.130. The Labute approximate surface area is 118 Å². The molecule has 0 aromatic heterocycles. The number of hydrogen-bond donors (Lipinski definition) is 4. The molecule has 1 aromatic rings. The van der Waals surface area contributed by atoms with Crippen LogP contribution in [0.2, 0.25) is 0 Å². The van der Waals surface area contributed by atoms with Crippen LogP contribution in [-0.4, -0.2) is 57.3 Å². The Morgan fingerprint density at radius 1 is 1.20 bits per heavy atom. The number of benzene rings is 1. The molecule has 4 unspecified atom stereocenters. The van der Waals surface area contributed by atoms with Gasteiger partial charge in [-0.25, -0.2) is 0 Å². The Morgan fingerprint density at radius 2 is 1.95 bits per heavy atom. The monoisotopic (exact) mass is 278 g/mol. The molecule has 2 saturated heterocycles. The minimum Gasteiger partial charge on any atom is -0.390 e. The summed E-state index contributed by atoms with van der Waals surface area (Å²) < 4.78 is 0. The summed E-state index contributed by atoms with van der Waals surface area (Å²) in [5, 5.41) is 34.0. The molecule has 5 nitrogen and oxygen atoms in total. The van der Waals surface area contributed by atoms with Gasteiger partial charge in [-0.3, -0.25) is 10.2 Å². The molecule has 2 aliphatic rings. The van der Waals surface area contributed by atoms with Gasteiger partial charge in [0.05, 0.1) is 18.2 Å². The Bertz CT molecular complexity index is 456. The van der Waals surface area contributed by atoms with Crippen LogP contribution in [-0.2, 0) is 6.54 Å². The fourth-order valence-corrected chi connectivity index (χ4v) is 3.38. The molecule has 4 atom stereocenters. The highest BCUT2D eigenvalue weighted by atomic mass is 16.3. The van der Waals surface area contributed by atoms with Gasteiger partial charge >= 0.3 is 0 Å². The van der Waals surface area contributed by atoms with Gasteiger partial charge in [-0.05, 0) is 12.0 Å². The van der Waals surface area contributed by atoms with Gasteiger partial charge in [0, 0.05) is 26.1 Å². The summed E-state index contributed by atoms with van der Waals surface area (Å²) in [5.41, 5.74) is -0.0540. The van der Waals surface area contributed by atoms with Gasteiger partial charge in [0.25, 0.3) is 0 Å². The molecule has 0 aliphatic carbocycles. The van der Waals surface area contributed by atoms with Crippen LogP contribution in [0.5, 0.6) is 0 Å². The van der Waals surface area contributed by atoms with Gasteiger partial charge in [0.1, 0.15) is 5.72 Å². The number of fused-ring (bicyclic) bond motifs is 1. The average Bonchev–Trinajstić information content (AvgIpc) is 2.81. The zero-order valence-corrected chi connectivity index (χ0v) is 11.4. The van der Waals surface area contributed by atoms with Crippen molar-refractivity contribution in [2.24, 2.45) is 0 Å². The summed E-state index contributed by atoms with van der Waals surface area (Å²) in [5.74, 6) is 0. The molecular weight excluding hydrogens is 256 g/mol. The average molecular weight is 278 g/mol. The van der Waals surface area contributed by atoms with Crippen LogP contribution in [0.1, 0.15) is 18.4 Å². The third kappa shape index (κ3) is 2.47. The maximum Gasteiger partial charge on any atom is 0.135 e. The van der Waals surface area contributed by atoms with E-state index in [0.717, 1.165) is 18.7 Å². The van der Waals surface area contributed by atoms with E-state index >= 15 is 0 Å². The zero-order valence-electron chi connectivity index (χ0n) is 11.4. The lowest BCUT2D eigenvalue weighted by Crippen LogP contribution is -2.64. The quantitative estimate of drug-likeness (QED) is 0.569. The molecule has 0 saturated carbocycles. The molecule has 0 radical (unpaired) electrons. The number of hydrogen-bond acceptors (Lipinski definition) is 5. The van der Waals surface area contributed by atoms with Gasteiger partial charge in [-0.2, -0.15) is 0 Å². The lowest BCUT2D eigenvalue weighted by Gasteiger charge is -2.43. The smallest absolute Gasteiger partial charge is 0.135 e. The molecule has 0 amide bonds. The second kappa shape index (κ2) is 5.42. The lowest BCUT2D eigenvalue weighted by atomic mass is 9.90. The third-order valence-electron chi connectivity index (χ3n) is 4.53. The number of piperidine rings is 1. The first-order chi connectivity index (χ1) is 9.60. The van der Waals surface area contributed by atoms with Crippen molar-refractivity contribution in [1.82, 2.24) is 10.2 Å². The van der Waals surface area contributed by atoms with E-state index in [0.29, 0.717) is 19.4 Å². The van der Waals surface area contributed by atoms with Gasteiger partial charge in [-0.1, -0.05) is 30.3 Å². The number of nitrogens with zero attached hydrogens (tertiary/aromatic N) is 1. The van der Waals surface area contributed by atoms with Crippen molar-refractivity contribution in [2.45, 2.75) is 43.4 Å². The van der Waals surface area contributed by atoms with E-state index in [1.165, 1.54) is 0 Å². The molecule has 20 heavy (non-hydrogen) atoms. The summed E-state index contributed by atoms with van der Waals surface area (Å²) in [6.07, 6.45) is -0.528. The predicted molar refractivity (Wildman–Crippen MR) is 74.8 cm³/mol. The number of aliphatic hydroxyl groups is 3. The van der Waals surface area contributed by atoms with E-state index in [1.54, 1.807) is 0 Å². The molecule has 0 bridgehead atoms. The van der Waals surface area contributed by atoms with Gasteiger partial charge in [0.2, 0.25) is 0 Å². The Hall–Kier alpha value is -0.980. The van der Waals surface area contributed by atoms with Gasteiger partial charge in [-0.15, -0.1) is 0 Å². The van der Waals surface area contributed by atoms with E-state index in [2.05, 4.69) is 10.2 Å². The zero-order chi connectivity index (χ0) is 14.2. The van der Waals surface area contributed by atoms with Crippen LogP contribution < -0.4 is 5.32 Å². The molecular formula is C15H22N2O3. The first kappa shape index (κ1) is 14.0. The minimum absolute atomic E-state index is 0.435. The van der Waals surface area contributed by atoms with E-state index in [1.807, 2.05) is 30.3 Å². The number of aliphatic hydroxyl groups excluding tert-OH is 2. The normalized spacial score (nSPS) is 37.9. The van der Waals surface area contributed by atoms with Crippen molar-refractivity contribution in [3.05, 3.63) is 35.9 Å². The summed E-state index contributed by atoms with van der Waals surface area (Å²) >= 11 is 0. The van der Waals surface area contributed by atoms with E-state index in [4.69, 9.17) is 0 Å². The first-order valence-corrected chi connectivity index (χ1v) is 7.22. The Morgan fingerprint density at radius 3 is 2.70 bits per heavy atom. The van der Waals surface area contributed by atoms with E-state index in [-0.39, 0.29) is 0 Å². The summed E-state index contributed by atoms with van der Waals surface area (Å²) in [7, 11) is 0. The van der Waals surface area contributed by atoms with Crippen LogP contribution in [0.15, 0.2) is 30.3 Å². The van der Waals surface area contributed by atoms with Crippen molar-refractivity contribution < 1.29 is 15.3 Å². The highest BCUT2D eigenvalue weighted by Gasteiger charge is 2.53. The number of nitrogens with one attached hydrogen (secondary N) is 1. The first-order valence-electron chi connectivity index (χ1n) is 7.22. The molecule has 110 valence electrons. The highest BCUT2D eigenvalue weighted by Crippen LogP contribution is 2.34. The van der Waals surface area contributed by atoms with Crippen molar-refractivity contribution in [1.29, 1.82) is 0 Å². The molecule has 0 spiro atoms. The molecule has 2 heterocycles. The van der Waals surface area contributed by atoms with Gasteiger partial charge < -0.3 is 15.3 Å². The SMILES string of the molecule is OC1CCN2CCC(O)(NCc3ccccc3)C2C1O. The molecule has 3 rings (SSSR count). The van der Waals surface area contributed by atoms with Crippen molar-refractivity contribution >= 4 is 0 Å². The Kier molecular flexibility index (Phi) is 3.79. The van der Waals surface area contributed by atoms with E-state index < -0.39 is 24.0 Å². The van der Waals surface area contributed by atoms with Crippen molar-refractivity contribution in [3.8, 4) is 0 Å². The van der Waals surface area contributed by atoms with Crippen LogP contribution in [0.3, 0.4) is 0 Å². The largest absolute Gasteiger partial charge is 0.390 e. The molecule has 1 aromatic carbocycles. The van der Waals surface area contributed by atoms with Crippen LogP contribution in [0.4, 0.5) is 0 Å². The predicted octanol–water partition coefficient (Wildman–Crippen LogP) is -0.335. The molecule has 4 N–H and O–H groups in total. The standard InChI is InChI=1S/C15H22N2O3/c18-12-6-8-17-9-7-15(20,14(17)13(12)19)16-10-11-4-2-1-3-5-11/h1-5,12-14,16,18-20H,6-10H2. The van der Waals surface area contributed by atoms with E-state index in [9.17, 15) is 15.3 Å². The maximum absolute atomic E-state index is 10.8. The topological polar surface area (TPSA) is 76.0 Å². The van der Waals surface area contributed by atoms with Gasteiger partial charge in [0.15, 0.2) is 0 Å². The summed E-state index contributed by atoms with van der Waals surface area (Å²) in [4.78, 5) is 2.06. The molecule has 5 heteroatoms.